The fraction of sp³-hybridized carbons (Fsp3) is 0.526. The quantitative estimate of drug-likeness (QED) is 0.847. The maximum Gasteiger partial charge on any atom is 0.230 e. The lowest BCUT2D eigenvalue weighted by atomic mass is 9.46. The number of benzene rings is 1. The van der Waals surface area contributed by atoms with Crippen molar-refractivity contribution < 1.29 is 4.79 Å². The number of nitrogens with zero attached hydrogens (tertiary/aromatic N) is 3. The predicted molar refractivity (Wildman–Crippen MR) is 97.9 cm³/mol. The molecule has 1 amide bonds. The molecule has 4 aliphatic carbocycles. The Balaban J connectivity index is 1.46. The summed E-state index contributed by atoms with van der Waals surface area (Å²) in [6.45, 7) is 0. The zero-order valence-electron chi connectivity index (χ0n) is 14.0. The first kappa shape index (κ1) is 15.6. The summed E-state index contributed by atoms with van der Waals surface area (Å²) in [4.78, 5) is 17.5. The number of carbonyl (C=O) groups excluding carboxylic acids is 1. The maximum absolute atomic E-state index is 13.3. The number of rotatable bonds is 3. The second-order valence-corrected chi connectivity index (χ2v) is 9.18. The van der Waals surface area contributed by atoms with Gasteiger partial charge in [0.15, 0.2) is 0 Å². The summed E-state index contributed by atoms with van der Waals surface area (Å²) in [5.41, 5.74) is 0.597. The molecule has 0 radical (unpaired) electrons. The van der Waals surface area contributed by atoms with Crippen LogP contribution in [0.15, 0.2) is 41.4 Å². The smallest absolute Gasteiger partial charge is 0.230 e. The molecule has 4 fully saturated rings. The second kappa shape index (κ2) is 5.40. The van der Waals surface area contributed by atoms with Gasteiger partial charge in [-0.15, -0.1) is 0 Å². The van der Waals surface area contributed by atoms with E-state index >= 15 is 0 Å². The summed E-state index contributed by atoms with van der Waals surface area (Å²) in [7, 11) is 0. The van der Waals surface area contributed by atoms with Crippen LogP contribution in [-0.2, 0) is 10.3 Å². The van der Waals surface area contributed by atoms with Crippen molar-refractivity contribution in [1.29, 1.82) is 0 Å². The highest BCUT2D eigenvalue weighted by molar-refractivity contribution is 9.10. The minimum atomic E-state index is -0.261. The lowest BCUT2D eigenvalue weighted by Gasteiger charge is -2.60. The summed E-state index contributed by atoms with van der Waals surface area (Å²) >= 11 is 3.44. The monoisotopic (exact) mass is 400 g/mol. The first-order chi connectivity index (χ1) is 12.1. The minimum absolute atomic E-state index is 0.0162. The summed E-state index contributed by atoms with van der Waals surface area (Å²) < 4.78 is 3.07. The van der Waals surface area contributed by atoms with Crippen molar-refractivity contribution in [3.8, 4) is 0 Å². The molecule has 1 aromatic carbocycles. The number of aromatic nitrogens is 3. The normalized spacial score (nSPS) is 35.7. The first-order valence-corrected chi connectivity index (χ1v) is 9.78. The number of carbonyl (C=O) groups is 1. The van der Waals surface area contributed by atoms with E-state index in [0.29, 0.717) is 11.8 Å². The van der Waals surface area contributed by atoms with Crippen molar-refractivity contribution in [3.63, 3.8) is 0 Å². The SMILES string of the molecule is O=C(Nc1ccc(Br)cc1)C12CC3CC(C1)CC(n1cncn1)(C3)C2. The number of nitrogens with one attached hydrogen (secondary N) is 1. The molecule has 6 rings (SSSR count). The number of halogens is 1. The highest BCUT2D eigenvalue weighted by Gasteiger charge is 2.61. The molecule has 6 heteroatoms. The van der Waals surface area contributed by atoms with Crippen molar-refractivity contribution in [3.05, 3.63) is 41.4 Å². The summed E-state index contributed by atoms with van der Waals surface area (Å²) in [5.74, 6) is 1.44. The van der Waals surface area contributed by atoms with Crippen LogP contribution in [-0.4, -0.2) is 20.7 Å². The fourth-order valence-electron chi connectivity index (χ4n) is 6.00. The Kier molecular flexibility index (Phi) is 3.36. The van der Waals surface area contributed by atoms with Crippen LogP contribution in [0.3, 0.4) is 0 Å². The summed E-state index contributed by atoms with van der Waals surface area (Å²) in [5, 5.41) is 7.64. The lowest BCUT2D eigenvalue weighted by molar-refractivity contribution is -0.150. The first-order valence-electron chi connectivity index (χ1n) is 8.99. The van der Waals surface area contributed by atoms with Gasteiger partial charge in [-0.1, -0.05) is 15.9 Å². The average molecular weight is 401 g/mol. The molecule has 1 N–H and O–H groups in total. The van der Waals surface area contributed by atoms with Gasteiger partial charge in [0.2, 0.25) is 5.91 Å². The van der Waals surface area contributed by atoms with Gasteiger partial charge in [-0.05, 0) is 74.6 Å². The molecule has 4 aliphatic rings. The van der Waals surface area contributed by atoms with E-state index in [1.54, 1.807) is 6.33 Å². The fourth-order valence-corrected chi connectivity index (χ4v) is 6.26. The van der Waals surface area contributed by atoms with Crippen LogP contribution >= 0.6 is 15.9 Å². The van der Waals surface area contributed by atoms with Gasteiger partial charge in [-0.3, -0.25) is 4.79 Å². The Morgan fingerprint density at radius 1 is 1.16 bits per heavy atom. The Bertz CT molecular complexity index is 787. The standard InChI is InChI=1S/C19H21BrN4O/c20-15-1-3-16(4-2-15)23-17(25)18-6-13-5-14(7-18)9-19(8-13,10-18)24-12-21-11-22-24/h1-4,11-14H,5-10H2,(H,23,25). The topological polar surface area (TPSA) is 59.8 Å². The predicted octanol–water partition coefficient (Wildman–Crippen LogP) is 3.97. The molecule has 2 aromatic rings. The van der Waals surface area contributed by atoms with Gasteiger partial charge in [-0.2, -0.15) is 5.10 Å². The van der Waals surface area contributed by atoms with Crippen LogP contribution < -0.4 is 5.32 Å². The molecule has 2 atom stereocenters. The van der Waals surface area contributed by atoms with Crippen molar-refractivity contribution >= 4 is 27.5 Å². The van der Waals surface area contributed by atoms with Crippen molar-refractivity contribution in [2.45, 2.75) is 44.1 Å². The zero-order chi connectivity index (χ0) is 17.1. The molecule has 0 spiro atoms. The van der Waals surface area contributed by atoms with E-state index in [1.165, 1.54) is 6.42 Å². The van der Waals surface area contributed by atoms with Crippen LogP contribution in [0.5, 0.6) is 0 Å². The highest BCUT2D eigenvalue weighted by Crippen LogP contribution is 2.64. The van der Waals surface area contributed by atoms with E-state index in [9.17, 15) is 4.79 Å². The molecule has 4 bridgehead atoms. The number of amides is 1. The van der Waals surface area contributed by atoms with E-state index in [0.717, 1.165) is 42.3 Å². The third-order valence-corrected chi connectivity index (χ3v) is 7.05. The highest BCUT2D eigenvalue weighted by atomic mass is 79.9. The summed E-state index contributed by atoms with van der Waals surface area (Å²) in [6.07, 6.45) is 9.92. The Morgan fingerprint density at radius 3 is 2.52 bits per heavy atom. The summed E-state index contributed by atoms with van der Waals surface area (Å²) in [6, 6.07) is 7.84. The largest absolute Gasteiger partial charge is 0.326 e. The molecule has 1 aromatic heterocycles. The van der Waals surface area contributed by atoms with Gasteiger partial charge in [-0.25, -0.2) is 9.67 Å². The molecule has 5 nitrogen and oxygen atoms in total. The molecule has 25 heavy (non-hydrogen) atoms. The third kappa shape index (κ3) is 2.45. The minimum Gasteiger partial charge on any atom is -0.326 e. The van der Waals surface area contributed by atoms with Gasteiger partial charge in [0.1, 0.15) is 12.7 Å². The van der Waals surface area contributed by atoms with E-state index in [1.807, 2.05) is 35.3 Å². The molecule has 0 aliphatic heterocycles. The van der Waals surface area contributed by atoms with Crippen molar-refractivity contribution in [2.24, 2.45) is 17.3 Å². The third-order valence-electron chi connectivity index (χ3n) is 6.52. The van der Waals surface area contributed by atoms with Crippen molar-refractivity contribution in [1.82, 2.24) is 14.8 Å². The Labute approximate surface area is 155 Å². The molecule has 4 saturated carbocycles. The molecular weight excluding hydrogens is 380 g/mol. The molecule has 0 saturated heterocycles. The molecule has 2 unspecified atom stereocenters. The van der Waals surface area contributed by atoms with Gasteiger partial charge in [0, 0.05) is 10.2 Å². The zero-order valence-corrected chi connectivity index (χ0v) is 15.6. The number of hydrogen-bond acceptors (Lipinski definition) is 3. The van der Waals surface area contributed by atoms with Crippen LogP contribution in [0, 0.1) is 17.3 Å². The van der Waals surface area contributed by atoms with Gasteiger partial charge >= 0.3 is 0 Å². The van der Waals surface area contributed by atoms with Crippen LogP contribution in [0.1, 0.15) is 38.5 Å². The van der Waals surface area contributed by atoms with E-state index in [2.05, 4.69) is 31.3 Å². The number of hydrogen-bond donors (Lipinski definition) is 1. The van der Waals surface area contributed by atoms with E-state index in [4.69, 9.17) is 0 Å². The molecule has 130 valence electrons. The molecular formula is C19H21BrN4O. The van der Waals surface area contributed by atoms with Crippen LogP contribution in [0.25, 0.3) is 0 Å². The number of anilines is 1. The van der Waals surface area contributed by atoms with Crippen LogP contribution in [0.4, 0.5) is 5.69 Å². The molecule has 1 heterocycles. The van der Waals surface area contributed by atoms with Gasteiger partial charge < -0.3 is 5.32 Å². The Morgan fingerprint density at radius 2 is 1.88 bits per heavy atom. The Hall–Kier alpha value is -1.69. The van der Waals surface area contributed by atoms with Crippen molar-refractivity contribution in [2.75, 3.05) is 5.32 Å². The average Bonchev–Trinajstić information content (AvgIpc) is 3.11. The van der Waals surface area contributed by atoms with Gasteiger partial charge in [0.25, 0.3) is 0 Å². The lowest BCUT2D eigenvalue weighted by Crippen LogP contribution is -2.60. The second-order valence-electron chi connectivity index (χ2n) is 8.27. The van der Waals surface area contributed by atoms with E-state index < -0.39 is 0 Å². The van der Waals surface area contributed by atoms with Gasteiger partial charge in [0.05, 0.1) is 11.0 Å². The van der Waals surface area contributed by atoms with E-state index in [-0.39, 0.29) is 16.9 Å². The maximum atomic E-state index is 13.3. The van der Waals surface area contributed by atoms with Crippen LogP contribution in [0.2, 0.25) is 0 Å².